The number of likely N-dealkylation sites (tertiary alicyclic amines) is 2. The Morgan fingerprint density at radius 1 is 1.27 bits per heavy atom. The Labute approximate surface area is 152 Å². The van der Waals surface area contributed by atoms with Gasteiger partial charge >= 0.3 is 0 Å². The highest BCUT2D eigenvalue weighted by Gasteiger charge is 2.40. The van der Waals surface area contributed by atoms with Gasteiger partial charge in [0.15, 0.2) is 5.82 Å². The maximum Gasteiger partial charge on any atom is 0.289 e. The average molecular weight is 356 g/mol. The SMILES string of the molecule is O=C(c1ncc[nH]1)N1CC[C@@H]2[C@@H](CCC(=O)N2CCCn2ccnc2)C1. The molecule has 0 aromatic carbocycles. The monoisotopic (exact) mass is 356 g/mol. The second-order valence-corrected chi connectivity index (χ2v) is 7.08. The van der Waals surface area contributed by atoms with Gasteiger partial charge in [-0.3, -0.25) is 9.59 Å². The highest BCUT2D eigenvalue weighted by molar-refractivity contribution is 5.90. The van der Waals surface area contributed by atoms with Gasteiger partial charge in [-0.05, 0) is 25.2 Å². The summed E-state index contributed by atoms with van der Waals surface area (Å²) in [5.41, 5.74) is 0. The van der Waals surface area contributed by atoms with Gasteiger partial charge in [0, 0.05) is 63.4 Å². The van der Waals surface area contributed by atoms with Gasteiger partial charge in [-0.25, -0.2) is 9.97 Å². The van der Waals surface area contributed by atoms with Crippen molar-refractivity contribution in [1.82, 2.24) is 29.3 Å². The smallest absolute Gasteiger partial charge is 0.289 e. The van der Waals surface area contributed by atoms with E-state index in [0.717, 1.165) is 32.4 Å². The van der Waals surface area contributed by atoms with Crippen molar-refractivity contribution in [3.63, 3.8) is 0 Å². The molecular formula is C18H24N6O2. The van der Waals surface area contributed by atoms with Crippen molar-refractivity contribution in [3.8, 4) is 0 Å². The average Bonchev–Trinajstić information content (AvgIpc) is 3.36. The predicted molar refractivity (Wildman–Crippen MR) is 94.2 cm³/mol. The van der Waals surface area contributed by atoms with Crippen molar-refractivity contribution in [2.45, 2.75) is 38.3 Å². The molecule has 0 bridgehead atoms. The molecule has 0 aliphatic carbocycles. The maximum atomic E-state index is 12.5. The lowest BCUT2D eigenvalue weighted by molar-refractivity contribution is -0.140. The molecule has 2 atom stereocenters. The number of H-pyrrole nitrogens is 1. The minimum absolute atomic E-state index is 0.0444. The van der Waals surface area contributed by atoms with Gasteiger partial charge in [0.25, 0.3) is 5.91 Å². The number of nitrogens with one attached hydrogen (secondary N) is 1. The van der Waals surface area contributed by atoms with E-state index in [4.69, 9.17) is 0 Å². The Kier molecular flexibility index (Phi) is 4.73. The van der Waals surface area contributed by atoms with Crippen LogP contribution in [0.3, 0.4) is 0 Å². The number of aromatic nitrogens is 4. The molecule has 4 rings (SSSR count). The summed E-state index contributed by atoms with van der Waals surface area (Å²) in [4.78, 5) is 39.9. The lowest BCUT2D eigenvalue weighted by Crippen LogP contribution is -2.57. The van der Waals surface area contributed by atoms with Crippen LogP contribution in [-0.4, -0.2) is 66.8 Å². The van der Waals surface area contributed by atoms with Crippen LogP contribution >= 0.6 is 0 Å². The van der Waals surface area contributed by atoms with Gasteiger partial charge in [-0.2, -0.15) is 0 Å². The van der Waals surface area contributed by atoms with Gasteiger partial charge < -0.3 is 19.4 Å². The van der Waals surface area contributed by atoms with E-state index < -0.39 is 0 Å². The number of aromatic amines is 1. The largest absolute Gasteiger partial charge is 0.341 e. The summed E-state index contributed by atoms with van der Waals surface area (Å²) in [5.74, 6) is 0.959. The summed E-state index contributed by atoms with van der Waals surface area (Å²) in [5, 5.41) is 0. The summed E-state index contributed by atoms with van der Waals surface area (Å²) >= 11 is 0. The number of fused-ring (bicyclic) bond motifs is 1. The number of rotatable bonds is 5. The number of aryl methyl sites for hydroxylation is 1. The van der Waals surface area contributed by atoms with E-state index in [-0.39, 0.29) is 17.9 Å². The van der Waals surface area contributed by atoms with Gasteiger partial charge in [0.2, 0.25) is 5.91 Å². The Morgan fingerprint density at radius 3 is 2.96 bits per heavy atom. The van der Waals surface area contributed by atoms with Crippen LogP contribution < -0.4 is 0 Å². The van der Waals surface area contributed by atoms with Crippen LogP contribution in [0.4, 0.5) is 0 Å². The highest BCUT2D eigenvalue weighted by Crippen LogP contribution is 2.31. The summed E-state index contributed by atoms with van der Waals surface area (Å²) < 4.78 is 2.04. The number of hydrogen-bond donors (Lipinski definition) is 1. The van der Waals surface area contributed by atoms with Crippen molar-refractivity contribution in [3.05, 3.63) is 36.9 Å². The lowest BCUT2D eigenvalue weighted by Gasteiger charge is -2.47. The Bertz CT molecular complexity index is 742. The molecular weight excluding hydrogens is 332 g/mol. The summed E-state index contributed by atoms with van der Waals surface area (Å²) in [6.07, 6.45) is 12.0. The molecule has 2 aliphatic rings. The zero-order valence-corrected chi connectivity index (χ0v) is 14.8. The molecule has 0 radical (unpaired) electrons. The van der Waals surface area contributed by atoms with Gasteiger partial charge in [0.05, 0.1) is 6.33 Å². The highest BCUT2D eigenvalue weighted by atomic mass is 16.2. The third-order valence-electron chi connectivity index (χ3n) is 5.51. The molecule has 8 nitrogen and oxygen atoms in total. The predicted octanol–water partition coefficient (Wildman–Crippen LogP) is 1.15. The van der Waals surface area contributed by atoms with Crippen molar-refractivity contribution in [1.29, 1.82) is 0 Å². The quantitative estimate of drug-likeness (QED) is 0.871. The van der Waals surface area contributed by atoms with Crippen molar-refractivity contribution < 1.29 is 9.59 Å². The molecule has 1 N–H and O–H groups in total. The zero-order chi connectivity index (χ0) is 17.9. The molecule has 2 aromatic rings. The molecule has 2 aliphatic heterocycles. The first kappa shape index (κ1) is 16.8. The molecule has 4 heterocycles. The molecule has 8 heteroatoms. The van der Waals surface area contributed by atoms with E-state index in [0.29, 0.717) is 31.3 Å². The minimum atomic E-state index is -0.0444. The first-order valence-corrected chi connectivity index (χ1v) is 9.26. The number of carbonyl (C=O) groups excluding carboxylic acids is 2. The van der Waals surface area contributed by atoms with Gasteiger partial charge in [0.1, 0.15) is 0 Å². The Balaban J connectivity index is 1.36. The fourth-order valence-corrected chi connectivity index (χ4v) is 4.20. The number of imidazole rings is 2. The first-order chi connectivity index (χ1) is 12.7. The van der Waals surface area contributed by atoms with Crippen LogP contribution in [-0.2, 0) is 11.3 Å². The van der Waals surface area contributed by atoms with Crippen molar-refractivity contribution in [2.24, 2.45) is 5.92 Å². The molecule has 0 saturated carbocycles. The number of amides is 2. The second kappa shape index (κ2) is 7.31. The summed E-state index contributed by atoms with van der Waals surface area (Å²) in [7, 11) is 0. The Morgan fingerprint density at radius 2 is 2.19 bits per heavy atom. The molecule has 0 unspecified atom stereocenters. The Hall–Kier alpha value is -2.64. The molecule has 26 heavy (non-hydrogen) atoms. The molecule has 0 spiro atoms. The molecule has 2 aromatic heterocycles. The van der Waals surface area contributed by atoms with E-state index in [1.165, 1.54) is 0 Å². The van der Waals surface area contributed by atoms with E-state index >= 15 is 0 Å². The van der Waals surface area contributed by atoms with E-state index in [9.17, 15) is 9.59 Å². The van der Waals surface area contributed by atoms with Crippen LogP contribution in [0.1, 0.15) is 36.3 Å². The normalized spacial score (nSPS) is 23.2. The molecule has 2 fully saturated rings. The van der Waals surface area contributed by atoms with Crippen LogP contribution in [0, 0.1) is 5.92 Å². The van der Waals surface area contributed by atoms with Crippen LogP contribution in [0.5, 0.6) is 0 Å². The van der Waals surface area contributed by atoms with Crippen LogP contribution in [0.15, 0.2) is 31.1 Å². The van der Waals surface area contributed by atoms with Crippen LogP contribution in [0.25, 0.3) is 0 Å². The lowest BCUT2D eigenvalue weighted by atomic mass is 9.83. The second-order valence-electron chi connectivity index (χ2n) is 7.08. The molecule has 2 amide bonds. The standard InChI is InChI=1S/C18H24N6O2/c25-16-3-2-14-12-23(18(26)17-20-5-6-21-17)10-4-15(14)24(16)9-1-8-22-11-7-19-13-22/h5-7,11,13-15H,1-4,8-10,12H2,(H,20,21)/t14-,15+/m0/s1. The van der Waals surface area contributed by atoms with E-state index in [1.54, 1.807) is 24.9 Å². The third kappa shape index (κ3) is 3.36. The van der Waals surface area contributed by atoms with Gasteiger partial charge in [-0.15, -0.1) is 0 Å². The number of nitrogens with zero attached hydrogens (tertiary/aromatic N) is 5. The summed E-state index contributed by atoms with van der Waals surface area (Å²) in [6, 6.07) is 0.250. The first-order valence-electron chi connectivity index (χ1n) is 9.26. The number of hydrogen-bond acceptors (Lipinski definition) is 4. The maximum absolute atomic E-state index is 12.5. The summed E-state index contributed by atoms with van der Waals surface area (Å²) in [6.45, 7) is 3.01. The molecule has 138 valence electrons. The fourth-order valence-electron chi connectivity index (χ4n) is 4.20. The topological polar surface area (TPSA) is 87.1 Å². The third-order valence-corrected chi connectivity index (χ3v) is 5.51. The van der Waals surface area contributed by atoms with Gasteiger partial charge in [-0.1, -0.05) is 0 Å². The van der Waals surface area contributed by atoms with E-state index in [1.807, 2.05) is 15.7 Å². The van der Waals surface area contributed by atoms with Crippen molar-refractivity contribution >= 4 is 11.8 Å². The zero-order valence-electron chi connectivity index (χ0n) is 14.8. The minimum Gasteiger partial charge on any atom is -0.341 e. The number of carbonyl (C=O) groups is 2. The number of piperidine rings is 2. The van der Waals surface area contributed by atoms with Crippen LogP contribution in [0.2, 0.25) is 0 Å². The molecule has 2 saturated heterocycles. The van der Waals surface area contributed by atoms with Crippen molar-refractivity contribution in [2.75, 3.05) is 19.6 Å². The van der Waals surface area contributed by atoms with E-state index in [2.05, 4.69) is 19.9 Å². The fraction of sp³-hybridized carbons (Fsp3) is 0.556.